The van der Waals surface area contributed by atoms with Crippen molar-refractivity contribution >= 4 is 23.4 Å². The lowest BCUT2D eigenvalue weighted by Crippen LogP contribution is -2.02. The number of thioether (sulfide) groups is 1. The van der Waals surface area contributed by atoms with E-state index in [1.807, 2.05) is 31.2 Å². The molecule has 4 heteroatoms. The third-order valence-corrected chi connectivity index (χ3v) is 3.12. The first-order valence-electron chi connectivity index (χ1n) is 4.82. The molecule has 0 saturated carbocycles. The number of aliphatic carboxylic acids is 1. The van der Waals surface area contributed by atoms with E-state index in [4.69, 9.17) is 10.8 Å². The van der Waals surface area contributed by atoms with Gasteiger partial charge in [-0.1, -0.05) is 13.0 Å². The number of carboxylic acid groups (broad SMARTS) is 1. The fourth-order valence-electron chi connectivity index (χ4n) is 1.21. The molecule has 0 bridgehead atoms. The minimum Gasteiger partial charge on any atom is -0.481 e. The second kappa shape index (κ2) is 5.66. The molecule has 0 aromatic heterocycles. The van der Waals surface area contributed by atoms with Crippen LogP contribution in [0, 0.1) is 0 Å². The van der Waals surface area contributed by atoms with Gasteiger partial charge in [0.05, 0.1) is 0 Å². The van der Waals surface area contributed by atoms with Crippen molar-refractivity contribution < 1.29 is 9.90 Å². The van der Waals surface area contributed by atoms with Gasteiger partial charge in [0.25, 0.3) is 0 Å². The van der Waals surface area contributed by atoms with E-state index in [0.29, 0.717) is 11.7 Å². The van der Waals surface area contributed by atoms with E-state index in [2.05, 4.69) is 0 Å². The Labute approximate surface area is 93.7 Å². The predicted molar refractivity (Wildman–Crippen MR) is 63.0 cm³/mol. The average Bonchev–Trinajstić information content (AvgIpc) is 2.15. The topological polar surface area (TPSA) is 63.3 Å². The largest absolute Gasteiger partial charge is 0.481 e. The summed E-state index contributed by atoms with van der Waals surface area (Å²) in [7, 11) is 0. The Morgan fingerprint density at radius 2 is 2.33 bits per heavy atom. The summed E-state index contributed by atoms with van der Waals surface area (Å²) in [4.78, 5) is 11.5. The molecule has 0 heterocycles. The first-order valence-corrected chi connectivity index (χ1v) is 5.70. The summed E-state index contributed by atoms with van der Waals surface area (Å²) in [6.45, 7) is 2.02. The van der Waals surface area contributed by atoms with Crippen molar-refractivity contribution in [2.75, 3.05) is 5.73 Å². The number of carboxylic acids is 1. The fourth-order valence-corrected chi connectivity index (χ4v) is 2.27. The number of hydrogen-bond donors (Lipinski definition) is 2. The van der Waals surface area contributed by atoms with Crippen LogP contribution in [0.1, 0.15) is 19.8 Å². The van der Waals surface area contributed by atoms with Crippen molar-refractivity contribution in [1.29, 1.82) is 0 Å². The van der Waals surface area contributed by atoms with Crippen LogP contribution < -0.4 is 5.73 Å². The highest BCUT2D eigenvalue weighted by atomic mass is 32.2. The SMILES string of the molecule is CC(CCC(=O)O)Sc1cccc(N)c1. The van der Waals surface area contributed by atoms with E-state index in [1.165, 1.54) is 0 Å². The number of nitrogen functional groups attached to an aromatic ring is 1. The molecule has 15 heavy (non-hydrogen) atoms. The molecule has 0 amide bonds. The van der Waals surface area contributed by atoms with Gasteiger partial charge in [0.15, 0.2) is 0 Å². The molecule has 1 aromatic carbocycles. The zero-order valence-corrected chi connectivity index (χ0v) is 9.46. The minimum absolute atomic E-state index is 0.219. The van der Waals surface area contributed by atoms with Gasteiger partial charge >= 0.3 is 5.97 Å². The van der Waals surface area contributed by atoms with Gasteiger partial charge in [-0.05, 0) is 24.6 Å². The summed E-state index contributed by atoms with van der Waals surface area (Å²) in [5.74, 6) is -0.741. The van der Waals surface area contributed by atoms with Gasteiger partial charge < -0.3 is 10.8 Å². The summed E-state index contributed by atoms with van der Waals surface area (Å²) in [6, 6.07) is 7.63. The summed E-state index contributed by atoms with van der Waals surface area (Å²) in [5, 5.41) is 8.84. The first kappa shape index (κ1) is 11.9. The van der Waals surface area contributed by atoms with Crippen molar-refractivity contribution in [3.63, 3.8) is 0 Å². The Morgan fingerprint density at radius 3 is 2.93 bits per heavy atom. The Balaban J connectivity index is 2.44. The van der Waals surface area contributed by atoms with E-state index >= 15 is 0 Å². The Bertz CT molecular complexity index is 341. The molecule has 0 saturated heterocycles. The van der Waals surface area contributed by atoms with Crippen LogP contribution in [-0.2, 0) is 4.79 Å². The summed E-state index contributed by atoms with van der Waals surface area (Å²) in [5.41, 5.74) is 6.39. The third-order valence-electron chi connectivity index (χ3n) is 1.96. The maximum Gasteiger partial charge on any atom is 0.303 e. The van der Waals surface area contributed by atoms with Crippen LogP contribution in [0.2, 0.25) is 0 Å². The van der Waals surface area contributed by atoms with Gasteiger partial charge in [0, 0.05) is 22.3 Å². The summed E-state index contributed by atoms with van der Waals surface area (Å²) in [6.07, 6.45) is 0.894. The Morgan fingerprint density at radius 1 is 1.60 bits per heavy atom. The molecular formula is C11H15NO2S. The van der Waals surface area contributed by atoms with Crippen molar-refractivity contribution in [2.24, 2.45) is 0 Å². The highest BCUT2D eigenvalue weighted by Crippen LogP contribution is 2.27. The maximum atomic E-state index is 10.4. The summed E-state index contributed by atoms with van der Waals surface area (Å²) < 4.78 is 0. The van der Waals surface area contributed by atoms with Crippen molar-refractivity contribution in [3.8, 4) is 0 Å². The number of hydrogen-bond acceptors (Lipinski definition) is 3. The van der Waals surface area contributed by atoms with Crippen LogP contribution in [0.3, 0.4) is 0 Å². The van der Waals surface area contributed by atoms with E-state index in [0.717, 1.165) is 10.6 Å². The van der Waals surface area contributed by atoms with Crippen LogP contribution in [0.15, 0.2) is 29.2 Å². The number of anilines is 1. The molecule has 0 aliphatic rings. The number of carbonyl (C=O) groups is 1. The van der Waals surface area contributed by atoms with Crippen LogP contribution in [0.25, 0.3) is 0 Å². The molecule has 3 nitrogen and oxygen atoms in total. The second-order valence-corrected chi connectivity index (χ2v) is 4.95. The lowest BCUT2D eigenvalue weighted by Gasteiger charge is -2.09. The van der Waals surface area contributed by atoms with Gasteiger partial charge in [0.2, 0.25) is 0 Å². The molecule has 1 rings (SSSR count). The lowest BCUT2D eigenvalue weighted by atomic mass is 10.2. The molecule has 0 fully saturated rings. The molecule has 0 spiro atoms. The van der Waals surface area contributed by atoms with Crippen LogP contribution >= 0.6 is 11.8 Å². The molecule has 3 N–H and O–H groups in total. The summed E-state index contributed by atoms with van der Waals surface area (Å²) >= 11 is 1.66. The van der Waals surface area contributed by atoms with Gasteiger partial charge in [-0.15, -0.1) is 11.8 Å². The number of nitrogens with two attached hydrogens (primary N) is 1. The molecule has 1 atom stereocenters. The quantitative estimate of drug-likeness (QED) is 0.597. The standard InChI is InChI=1S/C11H15NO2S/c1-8(5-6-11(13)14)15-10-4-2-3-9(12)7-10/h2-4,7-8H,5-6,12H2,1H3,(H,13,14). The molecule has 1 aromatic rings. The van der Waals surface area contributed by atoms with Crippen LogP contribution in [0.5, 0.6) is 0 Å². The lowest BCUT2D eigenvalue weighted by molar-refractivity contribution is -0.137. The highest BCUT2D eigenvalue weighted by Gasteiger charge is 2.07. The molecule has 0 aliphatic heterocycles. The minimum atomic E-state index is -0.741. The normalized spacial score (nSPS) is 12.3. The van der Waals surface area contributed by atoms with Gasteiger partial charge in [0.1, 0.15) is 0 Å². The van der Waals surface area contributed by atoms with Crippen molar-refractivity contribution in [3.05, 3.63) is 24.3 Å². The predicted octanol–water partition coefficient (Wildman–Crippen LogP) is 2.61. The highest BCUT2D eigenvalue weighted by molar-refractivity contribution is 7.99. The van der Waals surface area contributed by atoms with Gasteiger partial charge in [-0.3, -0.25) is 4.79 Å². The smallest absolute Gasteiger partial charge is 0.303 e. The maximum absolute atomic E-state index is 10.4. The van der Waals surface area contributed by atoms with E-state index < -0.39 is 5.97 Å². The van der Waals surface area contributed by atoms with Crippen LogP contribution in [0.4, 0.5) is 5.69 Å². The van der Waals surface area contributed by atoms with Crippen molar-refractivity contribution in [1.82, 2.24) is 0 Å². The molecule has 82 valence electrons. The zero-order valence-electron chi connectivity index (χ0n) is 8.64. The second-order valence-electron chi connectivity index (χ2n) is 3.43. The van der Waals surface area contributed by atoms with E-state index in [-0.39, 0.29) is 6.42 Å². The Kier molecular flexibility index (Phi) is 4.49. The number of rotatable bonds is 5. The van der Waals surface area contributed by atoms with E-state index in [1.54, 1.807) is 11.8 Å². The molecular weight excluding hydrogens is 210 g/mol. The molecule has 0 radical (unpaired) electrons. The zero-order chi connectivity index (χ0) is 11.3. The average molecular weight is 225 g/mol. The van der Waals surface area contributed by atoms with Gasteiger partial charge in [-0.2, -0.15) is 0 Å². The first-order chi connectivity index (χ1) is 7.08. The van der Waals surface area contributed by atoms with Crippen LogP contribution in [-0.4, -0.2) is 16.3 Å². The van der Waals surface area contributed by atoms with E-state index in [9.17, 15) is 4.79 Å². The fraction of sp³-hybridized carbons (Fsp3) is 0.364. The monoisotopic (exact) mass is 225 g/mol. The molecule has 1 unspecified atom stereocenters. The Hall–Kier alpha value is -1.16. The third kappa shape index (κ3) is 4.74. The number of benzene rings is 1. The molecule has 0 aliphatic carbocycles. The van der Waals surface area contributed by atoms with Gasteiger partial charge in [-0.25, -0.2) is 0 Å². The van der Waals surface area contributed by atoms with Crippen molar-refractivity contribution in [2.45, 2.75) is 29.9 Å².